The molecule has 0 saturated carbocycles. The second-order valence-electron chi connectivity index (χ2n) is 14.2. The first kappa shape index (κ1) is 33.1. The summed E-state index contributed by atoms with van der Waals surface area (Å²) in [5, 5.41) is 6.59. The fourth-order valence-electron chi connectivity index (χ4n) is 8.36. The molecule has 0 radical (unpaired) electrons. The number of piperazine rings is 1. The van der Waals surface area contributed by atoms with Crippen LogP contribution in [0.2, 0.25) is 10.0 Å². The number of para-hydroxylation sites is 2. The Balaban J connectivity index is 0.926. The molecule has 8 heteroatoms. The molecule has 0 aliphatic carbocycles. The van der Waals surface area contributed by atoms with Crippen molar-refractivity contribution in [1.29, 1.82) is 0 Å². The van der Waals surface area contributed by atoms with Crippen LogP contribution in [-0.2, 0) is 26.2 Å². The summed E-state index contributed by atoms with van der Waals surface area (Å²) < 4.78 is 4.79. The molecule has 0 unspecified atom stereocenters. The monoisotopic (exact) mass is 722 g/mol. The maximum absolute atomic E-state index is 6.35. The molecule has 1 saturated heterocycles. The minimum absolute atomic E-state index is 0.751. The van der Waals surface area contributed by atoms with Crippen LogP contribution in [-0.4, -0.2) is 55.1 Å². The van der Waals surface area contributed by atoms with Crippen molar-refractivity contribution in [2.45, 2.75) is 40.0 Å². The zero-order valence-corrected chi connectivity index (χ0v) is 31.0. The Morgan fingerprint density at radius 2 is 0.904 bits per heavy atom. The van der Waals surface area contributed by atoms with Crippen molar-refractivity contribution in [3.05, 3.63) is 153 Å². The van der Waals surface area contributed by atoms with E-state index in [1.54, 1.807) is 0 Å². The Morgan fingerprint density at radius 1 is 0.481 bits per heavy atom. The summed E-state index contributed by atoms with van der Waals surface area (Å²) in [5.74, 6) is 0. The highest BCUT2D eigenvalue weighted by Gasteiger charge is 2.22. The third-order valence-electron chi connectivity index (χ3n) is 10.6. The van der Waals surface area contributed by atoms with Gasteiger partial charge in [0.25, 0.3) is 0 Å². The molecule has 0 atom stereocenters. The number of pyridine rings is 2. The lowest BCUT2D eigenvalue weighted by atomic mass is 10.1. The third kappa shape index (κ3) is 6.24. The average Bonchev–Trinajstić information content (AvgIpc) is 3.62. The number of halogens is 2. The van der Waals surface area contributed by atoms with Crippen molar-refractivity contribution in [1.82, 2.24) is 28.9 Å². The number of aromatic nitrogens is 4. The molecule has 260 valence electrons. The van der Waals surface area contributed by atoms with E-state index in [4.69, 9.17) is 33.2 Å². The quantitative estimate of drug-likeness (QED) is 0.157. The van der Waals surface area contributed by atoms with Gasteiger partial charge in [-0.05, 0) is 73.5 Å². The van der Waals surface area contributed by atoms with Gasteiger partial charge in [-0.25, -0.2) is 0 Å². The molecule has 0 amide bonds. The predicted molar refractivity (Wildman–Crippen MR) is 216 cm³/mol. The standard InChI is InChI=1S/C44H40Cl2N6/c1-29-43-39(37-13-3-5-15-41(37)51(43)25-31-9-7-11-33(45)21-31)23-35(47-29)27-49-17-19-50(20-18-49)28-36-24-40-38-14-4-6-16-42(38)52(44(40)30(2)48-36)26-32-10-8-12-34(46)22-32/h3-16,21-24H,17-20,25-28H2,1-2H3. The van der Waals surface area contributed by atoms with E-state index in [1.807, 2.05) is 24.3 Å². The maximum atomic E-state index is 6.35. The molecule has 4 aromatic carbocycles. The smallest absolute Gasteiger partial charge is 0.0711 e. The van der Waals surface area contributed by atoms with Gasteiger partial charge in [-0.2, -0.15) is 0 Å². The van der Waals surface area contributed by atoms with Crippen LogP contribution in [0.15, 0.2) is 109 Å². The van der Waals surface area contributed by atoms with Gasteiger partial charge in [-0.3, -0.25) is 19.8 Å². The largest absolute Gasteiger partial charge is 0.334 e. The molecule has 5 heterocycles. The Bertz CT molecular complexity index is 2430. The number of aryl methyl sites for hydroxylation is 2. The molecule has 9 rings (SSSR count). The normalized spacial score (nSPS) is 14.4. The van der Waals surface area contributed by atoms with Gasteiger partial charge in [-0.1, -0.05) is 83.9 Å². The molecule has 52 heavy (non-hydrogen) atoms. The molecular weight excluding hydrogens is 683 g/mol. The number of hydrogen-bond donors (Lipinski definition) is 0. The number of benzene rings is 4. The van der Waals surface area contributed by atoms with Crippen molar-refractivity contribution in [2.24, 2.45) is 0 Å². The maximum Gasteiger partial charge on any atom is 0.0711 e. The van der Waals surface area contributed by atoms with Crippen molar-refractivity contribution in [2.75, 3.05) is 26.2 Å². The van der Waals surface area contributed by atoms with Crippen LogP contribution >= 0.6 is 23.2 Å². The van der Waals surface area contributed by atoms with Gasteiger partial charge in [0.15, 0.2) is 0 Å². The molecule has 1 fully saturated rings. The Hall–Kier alpha value is -4.72. The second kappa shape index (κ2) is 13.7. The summed E-state index contributed by atoms with van der Waals surface area (Å²) in [6.07, 6.45) is 0. The summed E-state index contributed by atoms with van der Waals surface area (Å²) in [6.45, 7) is 11.5. The van der Waals surface area contributed by atoms with Crippen LogP contribution in [0.1, 0.15) is 33.9 Å². The van der Waals surface area contributed by atoms with Crippen LogP contribution in [0.25, 0.3) is 43.6 Å². The molecular formula is C44H40Cl2N6. The van der Waals surface area contributed by atoms with Crippen LogP contribution in [0.5, 0.6) is 0 Å². The highest BCUT2D eigenvalue weighted by Crippen LogP contribution is 2.34. The van der Waals surface area contributed by atoms with E-state index in [9.17, 15) is 0 Å². The SMILES string of the molecule is Cc1nc(CN2CCN(Cc3cc4c5ccccc5n(Cc5cccc(Cl)c5)c4c(C)n3)CC2)cc2c3ccccc3n(Cc3cccc(Cl)c3)c12. The molecule has 0 spiro atoms. The van der Waals surface area contributed by atoms with Crippen molar-refractivity contribution < 1.29 is 0 Å². The highest BCUT2D eigenvalue weighted by molar-refractivity contribution is 6.31. The lowest BCUT2D eigenvalue weighted by molar-refractivity contribution is 0.120. The van der Waals surface area contributed by atoms with Crippen LogP contribution in [0.3, 0.4) is 0 Å². The van der Waals surface area contributed by atoms with E-state index < -0.39 is 0 Å². The van der Waals surface area contributed by atoms with Gasteiger partial charge >= 0.3 is 0 Å². The van der Waals surface area contributed by atoms with Gasteiger partial charge in [0.2, 0.25) is 0 Å². The Morgan fingerprint density at radius 3 is 1.33 bits per heavy atom. The van der Waals surface area contributed by atoms with Gasteiger partial charge in [0, 0.05) is 95.0 Å². The zero-order chi connectivity index (χ0) is 35.3. The molecule has 8 aromatic rings. The predicted octanol–water partition coefficient (Wildman–Crippen LogP) is 10.0. The first-order valence-corrected chi connectivity index (χ1v) is 18.8. The summed E-state index contributed by atoms with van der Waals surface area (Å²) >= 11 is 12.7. The molecule has 1 aliphatic rings. The van der Waals surface area contributed by atoms with E-state index >= 15 is 0 Å². The number of hydrogen-bond acceptors (Lipinski definition) is 4. The van der Waals surface area contributed by atoms with Crippen LogP contribution in [0, 0.1) is 13.8 Å². The Labute approximate surface area is 313 Å². The van der Waals surface area contributed by atoms with Crippen molar-refractivity contribution in [3.63, 3.8) is 0 Å². The third-order valence-corrected chi connectivity index (χ3v) is 11.1. The molecule has 0 bridgehead atoms. The van der Waals surface area contributed by atoms with E-state index in [2.05, 4.69) is 118 Å². The van der Waals surface area contributed by atoms with E-state index in [0.717, 1.165) is 85.2 Å². The molecule has 6 nitrogen and oxygen atoms in total. The molecule has 1 aliphatic heterocycles. The first-order chi connectivity index (χ1) is 25.4. The van der Waals surface area contributed by atoms with Crippen molar-refractivity contribution in [3.8, 4) is 0 Å². The van der Waals surface area contributed by atoms with E-state index in [-0.39, 0.29) is 0 Å². The average molecular weight is 724 g/mol. The van der Waals surface area contributed by atoms with Gasteiger partial charge in [-0.15, -0.1) is 0 Å². The summed E-state index contributed by atoms with van der Waals surface area (Å²) in [6, 6.07) is 38.3. The second-order valence-corrected chi connectivity index (χ2v) is 15.1. The number of nitrogens with zero attached hydrogens (tertiary/aromatic N) is 6. The highest BCUT2D eigenvalue weighted by atomic mass is 35.5. The summed E-state index contributed by atoms with van der Waals surface area (Å²) in [4.78, 5) is 15.4. The van der Waals surface area contributed by atoms with Gasteiger partial charge in [0.1, 0.15) is 0 Å². The number of rotatable bonds is 8. The van der Waals surface area contributed by atoms with Gasteiger partial charge in [0.05, 0.1) is 33.8 Å². The van der Waals surface area contributed by atoms with Crippen molar-refractivity contribution >= 4 is 66.8 Å². The van der Waals surface area contributed by atoms with E-state index in [1.165, 1.54) is 54.7 Å². The minimum Gasteiger partial charge on any atom is -0.334 e. The molecule has 0 N–H and O–H groups in total. The van der Waals surface area contributed by atoms with Crippen LogP contribution < -0.4 is 0 Å². The zero-order valence-electron chi connectivity index (χ0n) is 29.5. The fourth-order valence-corrected chi connectivity index (χ4v) is 8.78. The first-order valence-electron chi connectivity index (χ1n) is 18.1. The molecule has 4 aromatic heterocycles. The van der Waals surface area contributed by atoms with E-state index in [0.29, 0.717) is 0 Å². The Kier molecular flexibility index (Phi) is 8.72. The van der Waals surface area contributed by atoms with Crippen LogP contribution in [0.4, 0.5) is 0 Å². The topological polar surface area (TPSA) is 42.1 Å². The summed E-state index contributed by atoms with van der Waals surface area (Å²) in [5.41, 5.74) is 11.6. The summed E-state index contributed by atoms with van der Waals surface area (Å²) in [7, 11) is 0. The number of fused-ring (bicyclic) bond motifs is 6. The lowest BCUT2D eigenvalue weighted by Gasteiger charge is -2.34. The minimum atomic E-state index is 0.751. The lowest BCUT2D eigenvalue weighted by Crippen LogP contribution is -2.45. The fraction of sp³-hybridized carbons (Fsp3) is 0.227. The van der Waals surface area contributed by atoms with Gasteiger partial charge < -0.3 is 9.13 Å².